The van der Waals surface area contributed by atoms with Crippen LogP contribution in [0.2, 0.25) is 0 Å². The molecular weight excluding hydrogens is 426 g/mol. The second-order valence-corrected chi connectivity index (χ2v) is 8.61. The Morgan fingerprint density at radius 1 is 1.06 bits per heavy atom. The molecule has 1 aliphatic heterocycles. The Kier molecular flexibility index (Phi) is 7.18. The van der Waals surface area contributed by atoms with Crippen molar-refractivity contribution in [3.63, 3.8) is 0 Å². The number of amides is 2. The van der Waals surface area contributed by atoms with Gasteiger partial charge in [0.05, 0.1) is 11.1 Å². The van der Waals surface area contributed by atoms with Crippen molar-refractivity contribution in [1.82, 2.24) is 14.6 Å². The number of piperazine rings is 1. The van der Waals surface area contributed by atoms with E-state index >= 15 is 0 Å². The molecule has 8 nitrogen and oxygen atoms in total. The van der Waals surface area contributed by atoms with Crippen LogP contribution in [0.5, 0.6) is 0 Å². The normalized spacial score (nSPS) is 14.4. The van der Waals surface area contributed by atoms with Crippen molar-refractivity contribution in [2.45, 2.75) is 12.8 Å². The van der Waals surface area contributed by atoms with E-state index in [4.69, 9.17) is 5.11 Å². The zero-order chi connectivity index (χ0) is 22.3. The Hall–Kier alpha value is -3.17. The van der Waals surface area contributed by atoms with Gasteiger partial charge in [-0.1, -0.05) is 24.3 Å². The van der Waals surface area contributed by atoms with Gasteiger partial charge in [-0.05, 0) is 47.8 Å². The van der Waals surface area contributed by atoms with E-state index < -0.39 is 12.0 Å². The molecule has 1 aromatic heterocycles. The van der Waals surface area contributed by atoms with Crippen LogP contribution in [0, 0.1) is 0 Å². The minimum atomic E-state index is -0.937. The number of nitrogens with zero attached hydrogens (tertiary/aromatic N) is 3. The van der Waals surface area contributed by atoms with Crippen molar-refractivity contribution < 1.29 is 14.7 Å². The van der Waals surface area contributed by atoms with E-state index in [0.29, 0.717) is 5.69 Å². The summed E-state index contributed by atoms with van der Waals surface area (Å²) in [5.74, 6) is 0.165. The summed E-state index contributed by atoms with van der Waals surface area (Å²) in [6.07, 6.45) is 0.801. The number of benzene rings is 2. The summed E-state index contributed by atoms with van der Waals surface area (Å²) in [4.78, 5) is 27.3. The molecule has 1 saturated heterocycles. The highest BCUT2D eigenvalue weighted by Gasteiger charge is 2.20. The number of nitrogens with one attached hydrogen (secondary N) is 2. The largest absolute Gasteiger partial charge is 0.481 e. The lowest BCUT2D eigenvalue weighted by Gasteiger charge is -2.35. The summed E-state index contributed by atoms with van der Waals surface area (Å²) in [6.45, 7) is 4.98. The van der Waals surface area contributed by atoms with Gasteiger partial charge in [0.25, 0.3) is 0 Å². The number of anilines is 2. The third-order valence-electron chi connectivity index (χ3n) is 5.56. The number of carbonyl (C=O) groups is 2. The van der Waals surface area contributed by atoms with Gasteiger partial charge in [-0.2, -0.15) is 4.37 Å². The molecule has 0 atom stereocenters. The Balaban J connectivity index is 1.24. The molecule has 0 radical (unpaired) electrons. The second-order valence-electron chi connectivity index (χ2n) is 7.81. The van der Waals surface area contributed by atoms with Crippen molar-refractivity contribution in [1.29, 1.82) is 0 Å². The fraction of sp³-hybridized carbons (Fsp3) is 0.348. The molecule has 2 heterocycles. The van der Waals surface area contributed by atoms with Gasteiger partial charge < -0.3 is 20.6 Å². The minimum absolute atomic E-state index is 0.0978. The first-order chi connectivity index (χ1) is 15.6. The molecule has 2 amide bonds. The van der Waals surface area contributed by atoms with Gasteiger partial charge in [-0.15, -0.1) is 0 Å². The maximum atomic E-state index is 11.9. The maximum Gasteiger partial charge on any atom is 0.319 e. The molecule has 1 fully saturated rings. The van der Waals surface area contributed by atoms with Gasteiger partial charge in [-0.3, -0.25) is 9.69 Å². The highest BCUT2D eigenvalue weighted by Crippen LogP contribution is 2.29. The molecule has 0 aliphatic carbocycles. The Labute approximate surface area is 191 Å². The molecular formula is C23H27N5O3S. The van der Waals surface area contributed by atoms with Crippen molar-refractivity contribution in [3.8, 4) is 0 Å². The lowest BCUT2D eigenvalue weighted by atomic mass is 10.1. The molecule has 168 valence electrons. The average molecular weight is 454 g/mol. The lowest BCUT2D eigenvalue weighted by molar-refractivity contribution is -0.136. The summed E-state index contributed by atoms with van der Waals surface area (Å²) in [5, 5.41) is 15.2. The number of carbonyl (C=O) groups excluding carboxylic acids is 1. The second kappa shape index (κ2) is 10.4. The monoisotopic (exact) mass is 453 g/mol. The van der Waals surface area contributed by atoms with E-state index in [1.807, 2.05) is 18.2 Å². The van der Waals surface area contributed by atoms with E-state index in [1.165, 1.54) is 10.1 Å². The van der Waals surface area contributed by atoms with Crippen LogP contribution in [0.15, 0.2) is 48.5 Å². The highest BCUT2D eigenvalue weighted by molar-refractivity contribution is 7.13. The quantitative estimate of drug-likeness (QED) is 0.484. The highest BCUT2D eigenvalue weighted by atomic mass is 32.1. The topological polar surface area (TPSA) is 97.8 Å². The molecule has 4 rings (SSSR count). The molecule has 0 saturated carbocycles. The summed E-state index contributed by atoms with van der Waals surface area (Å²) >= 11 is 1.56. The van der Waals surface area contributed by atoms with Crippen molar-refractivity contribution >= 4 is 45.1 Å². The van der Waals surface area contributed by atoms with Crippen LogP contribution in [0.25, 0.3) is 10.1 Å². The third kappa shape index (κ3) is 5.74. The van der Waals surface area contributed by atoms with Crippen LogP contribution in [0.1, 0.15) is 12.0 Å². The van der Waals surface area contributed by atoms with Crippen LogP contribution in [-0.2, 0) is 11.2 Å². The fourth-order valence-corrected chi connectivity index (χ4v) is 4.63. The third-order valence-corrected chi connectivity index (χ3v) is 6.37. The number of aliphatic carboxylic acids is 1. The van der Waals surface area contributed by atoms with E-state index in [0.717, 1.165) is 50.5 Å². The summed E-state index contributed by atoms with van der Waals surface area (Å²) < 4.78 is 5.91. The number of fused-ring (bicyclic) bond motifs is 1. The van der Waals surface area contributed by atoms with Crippen LogP contribution in [0.3, 0.4) is 0 Å². The molecule has 0 unspecified atom stereocenters. The van der Waals surface area contributed by atoms with Crippen LogP contribution in [0.4, 0.5) is 16.3 Å². The molecule has 3 aromatic rings. The zero-order valence-corrected chi connectivity index (χ0v) is 18.6. The number of carboxylic acid groups (broad SMARTS) is 1. The smallest absolute Gasteiger partial charge is 0.319 e. The minimum Gasteiger partial charge on any atom is -0.481 e. The summed E-state index contributed by atoms with van der Waals surface area (Å²) in [6, 6.07) is 15.8. The molecule has 0 bridgehead atoms. The van der Waals surface area contributed by atoms with Gasteiger partial charge in [-0.25, -0.2) is 4.79 Å². The van der Waals surface area contributed by atoms with Gasteiger partial charge in [0.2, 0.25) is 0 Å². The van der Waals surface area contributed by atoms with Crippen LogP contribution in [-0.4, -0.2) is 65.6 Å². The molecule has 9 heteroatoms. The van der Waals surface area contributed by atoms with Gasteiger partial charge in [0.15, 0.2) is 0 Å². The van der Waals surface area contributed by atoms with Crippen molar-refractivity contribution in [2.75, 3.05) is 49.5 Å². The lowest BCUT2D eigenvalue weighted by Crippen LogP contribution is -2.47. The maximum absolute atomic E-state index is 11.9. The first kappa shape index (κ1) is 22.0. The number of carboxylic acids is 1. The summed E-state index contributed by atoms with van der Waals surface area (Å²) in [5.41, 5.74) is 1.86. The Morgan fingerprint density at radius 3 is 2.69 bits per heavy atom. The Morgan fingerprint density at radius 2 is 1.88 bits per heavy atom. The molecule has 32 heavy (non-hydrogen) atoms. The number of urea groups is 1. The molecule has 1 aliphatic rings. The number of hydrogen-bond acceptors (Lipinski definition) is 6. The van der Waals surface area contributed by atoms with Gasteiger partial charge in [0, 0.05) is 50.3 Å². The predicted molar refractivity (Wildman–Crippen MR) is 128 cm³/mol. The SMILES string of the molecule is O=C(O)CCNC(=O)Nc1cccc(CCN2CCN(c3nsc4ccccc34)CC2)c1. The molecule has 0 spiro atoms. The van der Waals surface area contributed by atoms with Gasteiger partial charge >= 0.3 is 12.0 Å². The predicted octanol–water partition coefficient (Wildman–Crippen LogP) is 3.26. The first-order valence-corrected chi connectivity index (χ1v) is 11.5. The fourth-order valence-electron chi connectivity index (χ4n) is 3.83. The number of aromatic nitrogens is 1. The van der Waals surface area contributed by atoms with Crippen molar-refractivity contribution in [3.05, 3.63) is 54.1 Å². The van der Waals surface area contributed by atoms with Crippen LogP contribution >= 0.6 is 11.5 Å². The standard InChI is InChI=1S/C23H27N5O3S/c29-21(30)8-10-24-23(31)25-18-5-3-4-17(16-18)9-11-27-12-14-28(15-13-27)22-19-6-1-2-7-20(19)32-26-22/h1-7,16H,8-15H2,(H,29,30)(H2,24,25,31). The van der Waals surface area contributed by atoms with E-state index in [2.05, 4.69) is 55.1 Å². The van der Waals surface area contributed by atoms with Crippen LogP contribution < -0.4 is 15.5 Å². The first-order valence-electron chi connectivity index (χ1n) is 10.8. The van der Waals surface area contributed by atoms with Crippen molar-refractivity contribution in [2.24, 2.45) is 0 Å². The molecule has 3 N–H and O–H groups in total. The molecule has 2 aromatic carbocycles. The van der Waals surface area contributed by atoms with Gasteiger partial charge in [0.1, 0.15) is 5.82 Å². The zero-order valence-electron chi connectivity index (χ0n) is 17.8. The average Bonchev–Trinajstić information content (AvgIpc) is 3.22. The van der Waals surface area contributed by atoms with E-state index in [-0.39, 0.29) is 13.0 Å². The van der Waals surface area contributed by atoms with E-state index in [9.17, 15) is 9.59 Å². The Bertz CT molecular complexity index is 1080. The number of hydrogen-bond donors (Lipinski definition) is 3. The number of rotatable bonds is 8. The summed E-state index contributed by atoms with van der Waals surface area (Å²) in [7, 11) is 0. The van der Waals surface area contributed by atoms with E-state index in [1.54, 1.807) is 11.5 Å².